The van der Waals surface area contributed by atoms with Gasteiger partial charge in [-0.25, -0.2) is 8.78 Å². The second-order valence-electron chi connectivity index (χ2n) is 9.43. The average Bonchev–Trinajstić information content (AvgIpc) is 3.58. The quantitative estimate of drug-likeness (QED) is 0.0632. The van der Waals surface area contributed by atoms with Crippen LogP contribution in [0.3, 0.4) is 0 Å². The largest absolute Gasteiger partial charge is 0.507 e. The Bertz CT molecular complexity index is 1660. The van der Waals surface area contributed by atoms with Gasteiger partial charge in [-0.05, 0) is 73.0 Å². The Balaban J connectivity index is 1.57. The van der Waals surface area contributed by atoms with Crippen molar-refractivity contribution < 1.29 is 33.0 Å². The van der Waals surface area contributed by atoms with Crippen molar-refractivity contribution in [2.45, 2.75) is 36.4 Å². The summed E-state index contributed by atoms with van der Waals surface area (Å²) in [5.74, 6) is -1.73. The summed E-state index contributed by atoms with van der Waals surface area (Å²) in [5, 5.41) is 19.9. The molecular formula is C31H27F2N3O5S2. The van der Waals surface area contributed by atoms with Crippen molar-refractivity contribution in [2.75, 3.05) is 18.1 Å². The van der Waals surface area contributed by atoms with Gasteiger partial charge in [-0.15, -0.1) is 10.2 Å². The molecule has 5 rings (SSSR count). The number of aromatic nitrogens is 2. The molecule has 8 nitrogen and oxygen atoms in total. The third-order valence-electron chi connectivity index (χ3n) is 6.48. The Hall–Kier alpha value is -4.29. The highest BCUT2D eigenvalue weighted by molar-refractivity contribution is 8.00. The Labute approximate surface area is 255 Å². The Morgan fingerprint density at radius 2 is 1.65 bits per heavy atom. The zero-order valence-corrected chi connectivity index (χ0v) is 24.9. The van der Waals surface area contributed by atoms with E-state index < -0.39 is 29.3 Å². The van der Waals surface area contributed by atoms with E-state index in [0.717, 1.165) is 35.5 Å². The van der Waals surface area contributed by atoms with Gasteiger partial charge in [0, 0.05) is 11.3 Å². The first-order valence-electron chi connectivity index (χ1n) is 13.5. The highest BCUT2D eigenvalue weighted by atomic mass is 32.2. The summed E-state index contributed by atoms with van der Waals surface area (Å²) in [5.41, 5.74) is 1.32. The highest BCUT2D eigenvalue weighted by Crippen LogP contribution is 2.45. The molecule has 1 atom stereocenters. The number of ketones is 1. The van der Waals surface area contributed by atoms with Crippen LogP contribution in [0, 0.1) is 11.6 Å². The minimum Gasteiger partial charge on any atom is -0.507 e. The molecule has 1 amide bonds. The van der Waals surface area contributed by atoms with Gasteiger partial charge in [-0.2, -0.15) is 0 Å². The number of Topliss-reactive ketones (excluding diaryl/α,β-unsaturated/α-hetero) is 1. The van der Waals surface area contributed by atoms with E-state index in [0.29, 0.717) is 40.4 Å². The third kappa shape index (κ3) is 6.55. The standard InChI is InChI=1S/C31H27F2N3O5S2/c1-3-15-41-23-14-9-20(16-24(23)40-4-2)26-25(27(37)19-7-12-22(33)13-8-19)28(38)29(39)36(26)30-34-35-31(43-30)42-17-18-5-10-21(32)11-6-18/h5-14,16,26,37H,3-4,15,17H2,1-2H3. The molecule has 2 heterocycles. The fraction of sp³-hybridized carbons (Fsp3) is 0.226. The molecule has 1 aromatic heterocycles. The zero-order chi connectivity index (χ0) is 30.5. The lowest BCUT2D eigenvalue weighted by molar-refractivity contribution is -0.132. The van der Waals surface area contributed by atoms with Crippen molar-refractivity contribution in [1.82, 2.24) is 10.2 Å². The molecule has 4 aromatic rings. The van der Waals surface area contributed by atoms with Crippen LogP contribution in [-0.2, 0) is 15.3 Å². The predicted molar refractivity (Wildman–Crippen MR) is 160 cm³/mol. The number of hydrogen-bond acceptors (Lipinski definition) is 9. The number of halogens is 2. The molecule has 1 saturated heterocycles. The molecule has 1 aliphatic rings. The maximum Gasteiger partial charge on any atom is 0.301 e. The first-order valence-corrected chi connectivity index (χ1v) is 15.3. The SMILES string of the molecule is CCCOc1ccc(C2C(=C(O)c3ccc(F)cc3)C(=O)C(=O)N2c2nnc(SCc3ccc(F)cc3)s2)cc1OCC. The van der Waals surface area contributed by atoms with E-state index in [2.05, 4.69) is 10.2 Å². The van der Waals surface area contributed by atoms with Crippen molar-refractivity contribution >= 4 is 45.7 Å². The number of aliphatic hydroxyl groups excluding tert-OH is 1. The molecule has 0 saturated carbocycles. The van der Waals surface area contributed by atoms with E-state index in [1.807, 2.05) is 13.8 Å². The lowest BCUT2D eigenvalue weighted by Crippen LogP contribution is -2.29. The highest BCUT2D eigenvalue weighted by Gasteiger charge is 2.48. The summed E-state index contributed by atoms with van der Waals surface area (Å²) in [6.07, 6.45) is 0.781. The molecule has 3 aromatic carbocycles. The first kappa shape index (κ1) is 30.2. The minimum atomic E-state index is -1.09. The maximum absolute atomic E-state index is 13.6. The van der Waals surface area contributed by atoms with E-state index >= 15 is 0 Å². The summed E-state index contributed by atoms with van der Waals surface area (Å²) >= 11 is 2.45. The fourth-order valence-corrected chi connectivity index (χ4v) is 6.31. The van der Waals surface area contributed by atoms with Gasteiger partial charge in [0.2, 0.25) is 5.13 Å². The van der Waals surface area contributed by atoms with Crippen LogP contribution in [0.5, 0.6) is 11.5 Å². The molecule has 12 heteroatoms. The van der Waals surface area contributed by atoms with E-state index in [1.54, 1.807) is 30.3 Å². The molecule has 0 bridgehead atoms. The van der Waals surface area contributed by atoms with Crippen LogP contribution >= 0.6 is 23.1 Å². The van der Waals surface area contributed by atoms with Crippen molar-refractivity contribution in [3.8, 4) is 11.5 Å². The fourth-order valence-electron chi connectivity index (χ4n) is 4.49. The molecule has 1 fully saturated rings. The summed E-state index contributed by atoms with van der Waals surface area (Å²) < 4.78 is 39.1. The minimum absolute atomic E-state index is 0.149. The van der Waals surface area contributed by atoms with Gasteiger partial charge in [0.25, 0.3) is 5.78 Å². The number of hydrogen-bond donors (Lipinski definition) is 1. The smallest absolute Gasteiger partial charge is 0.301 e. The number of nitrogens with zero attached hydrogens (tertiary/aromatic N) is 3. The van der Waals surface area contributed by atoms with Crippen LogP contribution in [-0.4, -0.2) is 40.2 Å². The van der Waals surface area contributed by atoms with Gasteiger partial charge in [-0.1, -0.05) is 48.2 Å². The number of rotatable bonds is 11. The molecule has 0 aliphatic carbocycles. The summed E-state index contributed by atoms with van der Waals surface area (Å²) in [4.78, 5) is 28.2. The lowest BCUT2D eigenvalue weighted by Gasteiger charge is -2.23. The number of anilines is 1. The number of benzene rings is 3. The van der Waals surface area contributed by atoms with Crippen molar-refractivity contribution in [1.29, 1.82) is 0 Å². The average molecular weight is 624 g/mol. The molecule has 222 valence electrons. The number of carbonyl (C=O) groups is 2. The number of amides is 1. The molecule has 1 aliphatic heterocycles. The summed E-state index contributed by atoms with van der Waals surface area (Å²) in [6.45, 7) is 4.60. The first-order chi connectivity index (χ1) is 20.8. The van der Waals surface area contributed by atoms with Gasteiger partial charge in [0.1, 0.15) is 17.4 Å². The lowest BCUT2D eigenvalue weighted by atomic mass is 9.95. The normalized spacial score (nSPS) is 16.1. The van der Waals surface area contributed by atoms with E-state index in [1.165, 1.54) is 40.9 Å². The van der Waals surface area contributed by atoms with Crippen LogP contribution in [0.1, 0.15) is 43.0 Å². The monoisotopic (exact) mass is 623 g/mol. The van der Waals surface area contributed by atoms with Crippen molar-refractivity contribution in [2.24, 2.45) is 0 Å². The molecule has 0 radical (unpaired) electrons. The molecular weight excluding hydrogens is 596 g/mol. The van der Waals surface area contributed by atoms with E-state index in [-0.39, 0.29) is 22.1 Å². The molecule has 0 spiro atoms. The van der Waals surface area contributed by atoms with Crippen molar-refractivity contribution in [3.63, 3.8) is 0 Å². The second kappa shape index (κ2) is 13.3. The van der Waals surface area contributed by atoms with Gasteiger partial charge in [-0.3, -0.25) is 14.5 Å². The Morgan fingerprint density at radius 1 is 0.953 bits per heavy atom. The van der Waals surface area contributed by atoms with Gasteiger partial charge in [0.05, 0.1) is 24.8 Å². The van der Waals surface area contributed by atoms with Crippen LogP contribution in [0.15, 0.2) is 76.6 Å². The molecule has 1 N–H and O–H groups in total. The Kier molecular flexibility index (Phi) is 9.37. The van der Waals surface area contributed by atoms with Gasteiger partial charge < -0.3 is 14.6 Å². The van der Waals surface area contributed by atoms with Crippen LogP contribution < -0.4 is 14.4 Å². The van der Waals surface area contributed by atoms with Gasteiger partial charge >= 0.3 is 5.91 Å². The number of thioether (sulfide) groups is 1. The number of aliphatic hydroxyl groups is 1. The third-order valence-corrected chi connectivity index (χ3v) is 8.61. The van der Waals surface area contributed by atoms with Crippen LogP contribution in [0.25, 0.3) is 5.76 Å². The number of carbonyl (C=O) groups excluding carboxylic acids is 2. The Morgan fingerprint density at radius 3 is 2.33 bits per heavy atom. The number of ether oxygens (including phenoxy) is 2. The predicted octanol–water partition coefficient (Wildman–Crippen LogP) is 6.92. The topological polar surface area (TPSA) is 102 Å². The maximum atomic E-state index is 13.6. The van der Waals surface area contributed by atoms with Gasteiger partial charge in [0.15, 0.2) is 15.8 Å². The van der Waals surface area contributed by atoms with Crippen LogP contribution in [0.2, 0.25) is 0 Å². The zero-order valence-electron chi connectivity index (χ0n) is 23.3. The van der Waals surface area contributed by atoms with Crippen LogP contribution in [0.4, 0.5) is 13.9 Å². The summed E-state index contributed by atoms with van der Waals surface area (Å²) in [7, 11) is 0. The van der Waals surface area contributed by atoms with E-state index in [9.17, 15) is 23.5 Å². The molecule has 1 unspecified atom stereocenters. The van der Waals surface area contributed by atoms with E-state index in [4.69, 9.17) is 9.47 Å². The molecule has 43 heavy (non-hydrogen) atoms. The van der Waals surface area contributed by atoms with Crippen molar-refractivity contribution in [3.05, 3.63) is 101 Å². The summed E-state index contributed by atoms with van der Waals surface area (Å²) in [6, 6.07) is 15.0. The second-order valence-corrected chi connectivity index (χ2v) is 11.6.